The molecule has 6 heteroatoms. The van der Waals surface area contributed by atoms with Crippen LogP contribution in [0.1, 0.15) is 38.5 Å². The molecule has 100 valence electrons. The fourth-order valence-electron chi connectivity index (χ4n) is 2.69. The fraction of sp³-hybridized carbons (Fsp3) is 1.00. The molecule has 3 unspecified atom stereocenters. The fourth-order valence-corrected chi connectivity index (χ4v) is 4.34. The van der Waals surface area contributed by atoms with Crippen molar-refractivity contribution in [2.75, 3.05) is 12.3 Å². The first kappa shape index (κ1) is 13.3. The van der Waals surface area contributed by atoms with E-state index < -0.39 is 16.1 Å². The molecule has 0 bridgehead atoms. The largest absolute Gasteiger partial charge is 0.391 e. The molecule has 0 radical (unpaired) electrons. The molecule has 1 saturated heterocycles. The highest BCUT2D eigenvalue weighted by atomic mass is 32.2. The minimum atomic E-state index is -3.27. The molecule has 3 N–H and O–H groups in total. The molecule has 1 aliphatic carbocycles. The Labute approximate surface area is 103 Å². The third kappa shape index (κ3) is 3.91. The van der Waals surface area contributed by atoms with Crippen molar-refractivity contribution in [3.8, 4) is 0 Å². The highest BCUT2D eigenvalue weighted by Crippen LogP contribution is 2.19. The number of nitrogens with one attached hydrogen (secondary N) is 2. The second-order valence-corrected chi connectivity index (χ2v) is 6.95. The van der Waals surface area contributed by atoms with Gasteiger partial charge in [-0.2, -0.15) is 0 Å². The van der Waals surface area contributed by atoms with E-state index in [0.29, 0.717) is 6.42 Å². The zero-order chi connectivity index (χ0) is 12.3. The van der Waals surface area contributed by atoms with Gasteiger partial charge in [-0.25, -0.2) is 13.1 Å². The van der Waals surface area contributed by atoms with Crippen molar-refractivity contribution in [1.82, 2.24) is 10.0 Å². The van der Waals surface area contributed by atoms with Gasteiger partial charge in [0.05, 0.1) is 11.9 Å². The molecule has 0 spiro atoms. The van der Waals surface area contributed by atoms with E-state index in [1.807, 2.05) is 0 Å². The van der Waals surface area contributed by atoms with Crippen molar-refractivity contribution >= 4 is 10.0 Å². The number of aliphatic hydroxyl groups is 1. The molecule has 2 rings (SSSR count). The monoisotopic (exact) mass is 262 g/mol. The van der Waals surface area contributed by atoms with Crippen molar-refractivity contribution in [2.45, 2.75) is 56.7 Å². The molecule has 0 amide bonds. The first-order valence-electron chi connectivity index (χ1n) is 6.48. The predicted molar refractivity (Wildman–Crippen MR) is 66.2 cm³/mol. The van der Waals surface area contributed by atoms with E-state index in [1.54, 1.807) is 0 Å². The van der Waals surface area contributed by atoms with E-state index in [9.17, 15) is 13.5 Å². The van der Waals surface area contributed by atoms with Crippen molar-refractivity contribution in [1.29, 1.82) is 0 Å². The normalized spacial score (nSPS) is 35.0. The van der Waals surface area contributed by atoms with Gasteiger partial charge in [0.1, 0.15) is 0 Å². The van der Waals surface area contributed by atoms with E-state index in [4.69, 9.17) is 0 Å². The zero-order valence-corrected chi connectivity index (χ0v) is 10.9. The number of sulfonamides is 1. The van der Waals surface area contributed by atoms with Gasteiger partial charge in [0.25, 0.3) is 0 Å². The summed E-state index contributed by atoms with van der Waals surface area (Å²) in [6.07, 6.45) is 4.89. The van der Waals surface area contributed by atoms with Crippen molar-refractivity contribution in [2.24, 2.45) is 0 Å². The van der Waals surface area contributed by atoms with Crippen LogP contribution in [0.2, 0.25) is 0 Å². The average molecular weight is 262 g/mol. The topological polar surface area (TPSA) is 78.4 Å². The van der Waals surface area contributed by atoms with Crippen LogP contribution in [0.25, 0.3) is 0 Å². The lowest BCUT2D eigenvalue weighted by Crippen LogP contribution is -2.47. The van der Waals surface area contributed by atoms with Crippen LogP contribution in [0, 0.1) is 0 Å². The van der Waals surface area contributed by atoms with E-state index >= 15 is 0 Å². The van der Waals surface area contributed by atoms with Gasteiger partial charge in [-0.05, 0) is 32.2 Å². The number of aliphatic hydroxyl groups excluding tert-OH is 1. The van der Waals surface area contributed by atoms with Crippen LogP contribution in [0.4, 0.5) is 0 Å². The molecular formula is C11H22N2O3S. The van der Waals surface area contributed by atoms with Gasteiger partial charge < -0.3 is 10.4 Å². The maximum absolute atomic E-state index is 11.9. The molecular weight excluding hydrogens is 240 g/mol. The van der Waals surface area contributed by atoms with Crippen LogP contribution in [-0.4, -0.2) is 44.0 Å². The summed E-state index contributed by atoms with van der Waals surface area (Å²) in [7, 11) is -3.27. The third-order valence-electron chi connectivity index (χ3n) is 3.64. The Balaban J connectivity index is 1.87. The van der Waals surface area contributed by atoms with E-state index in [-0.39, 0.29) is 17.8 Å². The lowest BCUT2D eigenvalue weighted by molar-refractivity contribution is 0.101. The Kier molecular flexibility index (Phi) is 4.41. The molecule has 17 heavy (non-hydrogen) atoms. The van der Waals surface area contributed by atoms with Crippen LogP contribution in [0.15, 0.2) is 0 Å². The first-order valence-corrected chi connectivity index (χ1v) is 8.13. The summed E-state index contributed by atoms with van der Waals surface area (Å²) in [5.41, 5.74) is 0. The van der Waals surface area contributed by atoms with Crippen molar-refractivity contribution in [3.05, 3.63) is 0 Å². The molecule has 0 aromatic heterocycles. The lowest BCUT2D eigenvalue weighted by atomic mass is 9.93. The minimum absolute atomic E-state index is 0.0771. The van der Waals surface area contributed by atoms with Gasteiger partial charge in [0.15, 0.2) is 0 Å². The van der Waals surface area contributed by atoms with Gasteiger partial charge in [0.2, 0.25) is 10.0 Å². The Morgan fingerprint density at radius 3 is 2.59 bits per heavy atom. The Bertz CT molecular complexity index is 339. The van der Waals surface area contributed by atoms with Gasteiger partial charge >= 0.3 is 0 Å². The van der Waals surface area contributed by atoms with E-state index in [0.717, 1.165) is 38.6 Å². The average Bonchev–Trinajstić information content (AvgIpc) is 2.73. The summed E-state index contributed by atoms with van der Waals surface area (Å²) < 4.78 is 26.5. The van der Waals surface area contributed by atoms with E-state index in [1.165, 1.54) is 0 Å². The molecule has 0 aromatic rings. The molecule has 2 aliphatic rings. The Morgan fingerprint density at radius 2 is 1.94 bits per heavy atom. The molecule has 1 saturated carbocycles. The van der Waals surface area contributed by atoms with Gasteiger partial charge in [-0.3, -0.25) is 0 Å². The maximum Gasteiger partial charge on any atom is 0.213 e. The molecule has 1 heterocycles. The third-order valence-corrected chi connectivity index (χ3v) is 5.15. The Morgan fingerprint density at radius 1 is 1.18 bits per heavy atom. The number of rotatable bonds is 4. The second kappa shape index (κ2) is 5.65. The van der Waals surface area contributed by atoms with Crippen molar-refractivity contribution in [3.63, 3.8) is 0 Å². The highest BCUT2D eigenvalue weighted by Gasteiger charge is 2.29. The van der Waals surface area contributed by atoms with Gasteiger partial charge in [0, 0.05) is 12.1 Å². The molecule has 5 nitrogen and oxygen atoms in total. The van der Waals surface area contributed by atoms with Crippen molar-refractivity contribution < 1.29 is 13.5 Å². The first-order chi connectivity index (χ1) is 8.07. The summed E-state index contributed by atoms with van der Waals surface area (Å²) in [4.78, 5) is 0. The SMILES string of the molecule is O=S(=O)(CC1CCCN1)NC1CCCCC1O. The molecule has 1 aliphatic heterocycles. The summed E-state index contributed by atoms with van der Waals surface area (Å²) in [5, 5.41) is 12.9. The molecule has 2 fully saturated rings. The van der Waals surface area contributed by atoms with Crippen LogP contribution in [0.3, 0.4) is 0 Å². The standard InChI is InChI=1S/C11H22N2O3S/c14-11-6-2-1-5-10(11)13-17(15,16)8-9-4-3-7-12-9/h9-14H,1-8H2. The van der Waals surface area contributed by atoms with Gasteiger partial charge in [-0.1, -0.05) is 12.8 Å². The summed E-state index contributed by atoms with van der Waals surface area (Å²) in [6, 6.07) is -0.205. The molecule has 3 atom stereocenters. The quantitative estimate of drug-likeness (QED) is 0.664. The zero-order valence-electron chi connectivity index (χ0n) is 10.1. The lowest BCUT2D eigenvalue weighted by Gasteiger charge is -2.28. The Hall–Kier alpha value is -0.170. The van der Waals surface area contributed by atoms with Gasteiger partial charge in [-0.15, -0.1) is 0 Å². The summed E-state index contributed by atoms with van der Waals surface area (Å²) in [5.74, 6) is 0.135. The van der Waals surface area contributed by atoms with Crippen LogP contribution < -0.4 is 10.0 Å². The summed E-state index contributed by atoms with van der Waals surface area (Å²) in [6.45, 7) is 0.909. The number of hydrogen-bond donors (Lipinski definition) is 3. The summed E-state index contributed by atoms with van der Waals surface area (Å²) >= 11 is 0. The smallest absolute Gasteiger partial charge is 0.213 e. The second-order valence-electron chi connectivity index (χ2n) is 5.15. The number of hydrogen-bond acceptors (Lipinski definition) is 4. The minimum Gasteiger partial charge on any atom is -0.391 e. The van der Waals surface area contributed by atoms with Crippen LogP contribution in [0.5, 0.6) is 0 Å². The highest BCUT2D eigenvalue weighted by molar-refractivity contribution is 7.89. The predicted octanol–water partition coefficient (Wildman–Crippen LogP) is -0.0387. The van der Waals surface area contributed by atoms with E-state index in [2.05, 4.69) is 10.0 Å². The molecule has 0 aromatic carbocycles. The maximum atomic E-state index is 11.9. The van der Waals surface area contributed by atoms with Crippen LogP contribution in [-0.2, 0) is 10.0 Å². The van der Waals surface area contributed by atoms with Crippen LogP contribution >= 0.6 is 0 Å².